The molecule has 9 nitrogen and oxygen atoms in total. The average Bonchev–Trinajstić information content (AvgIpc) is 2.43. The summed E-state index contributed by atoms with van der Waals surface area (Å²) in [6.45, 7) is 3.64. The van der Waals surface area contributed by atoms with Gasteiger partial charge in [-0.15, -0.1) is 0 Å². The van der Waals surface area contributed by atoms with Crippen molar-refractivity contribution in [2.45, 2.75) is 19.9 Å². The largest absolute Gasteiger partial charge is 0.474 e. The Kier molecular flexibility index (Phi) is 7.70. The number of rotatable bonds is 9. The number of carboxylic acid groups (broad SMARTS) is 1. The maximum atomic E-state index is 11.8. The number of nitrogens with zero attached hydrogens (tertiary/aromatic N) is 2. The predicted molar refractivity (Wildman–Crippen MR) is 93.8 cm³/mol. The van der Waals surface area contributed by atoms with Crippen LogP contribution in [0.25, 0.3) is 0 Å². The SMILES string of the molecule is CC(C)N(CCOc1ncc(Br)cc1NS(=O)(=O)CCN)C(=O)O. The first-order valence-corrected chi connectivity index (χ1v) is 9.59. The van der Waals surface area contributed by atoms with Crippen molar-refractivity contribution in [1.29, 1.82) is 0 Å². The highest BCUT2D eigenvalue weighted by Crippen LogP contribution is 2.26. The second-order valence-corrected chi connectivity index (χ2v) is 7.89. The number of amides is 1. The van der Waals surface area contributed by atoms with E-state index < -0.39 is 16.1 Å². The Morgan fingerprint density at radius 1 is 1.54 bits per heavy atom. The van der Waals surface area contributed by atoms with Crippen molar-refractivity contribution >= 4 is 37.7 Å². The highest BCUT2D eigenvalue weighted by Gasteiger charge is 2.17. The van der Waals surface area contributed by atoms with Crippen LogP contribution in [-0.4, -0.2) is 61.0 Å². The van der Waals surface area contributed by atoms with Gasteiger partial charge in [-0.1, -0.05) is 0 Å². The number of pyridine rings is 1. The first-order valence-electron chi connectivity index (χ1n) is 7.14. The molecule has 0 atom stereocenters. The standard InChI is InChI=1S/C13H21BrN4O5S/c1-9(2)18(13(19)20)4-5-23-12-11(7-10(14)8-16-12)17-24(21,22)6-3-15/h7-9,17H,3-6,15H2,1-2H3,(H,19,20). The van der Waals surface area contributed by atoms with Crippen LogP contribution < -0.4 is 15.2 Å². The molecule has 1 rings (SSSR count). The van der Waals surface area contributed by atoms with Gasteiger partial charge in [-0.05, 0) is 35.8 Å². The molecule has 11 heteroatoms. The highest BCUT2D eigenvalue weighted by atomic mass is 79.9. The van der Waals surface area contributed by atoms with Gasteiger partial charge in [-0.25, -0.2) is 18.2 Å². The number of anilines is 1. The van der Waals surface area contributed by atoms with Crippen LogP contribution in [0.5, 0.6) is 5.88 Å². The van der Waals surface area contributed by atoms with E-state index in [9.17, 15) is 13.2 Å². The fourth-order valence-corrected chi connectivity index (χ4v) is 3.03. The number of sulfonamides is 1. The molecule has 0 aliphatic heterocycles. The monoisotopic (exact) mass is 424 g/mol. The lowest BCUT2D eigenvalue weighted by Crippen LogP contribution is -2.38. The lowest BCUT2D eigenvalue weighted by Gasteiger charge is -2.23. The molecule has 0 saturated carbocycles. The Morgan fingerprint density at radius 3 is 2.75 bits per heavy atom. The quantitative estimate of drug-likeness (QED) is 0.543. The Balaban J connectivity index is 2.83. The van der Waals surface area contributed by atoms with Gasteiger partial charge in [0.15, 0.2) is 0 Å². The van der Waals surface area contributed by atoms with E-state index in [4.69, 9.17) is 15.6 Å². The van der Waals surface area contributed by atoms with Gasteiger partial charge < -0.3 is 20.5 Å². The van der Waals surface area contributed by atoms with Crippen LogP contribution in [0.2, 0.25) is 0 Å². The van der Waals surface area contributed by atoms with E-state index in [0.717, 1.165) is 0 Å². The third-order valence-electron chi connectivity index (χ3n) is 2.91. The molecule has 0 aliphatic carbocycles. The summed E-state index contributed by atoms with van der Waals surface area (Å²) in [5.41, 5.74) is 5.43. The fraction of sp³-hybridized carbons (Fsp3) is 0.538. The molecule has 0 bridgehead atoms. The highest BCUT2D eigenvalue weighted by molar-refractivity contribution is 9.10. The third kappa shape index (κ3) is 6.49. The summed E-state index contributed by atoms with van der Waals surface area (Å²) < 4.78 is 32.1. The number of nitrogens with two attached hydrogens (primary N) is 1. The minimum Gasteiger partial charge on any atom is -0.474 e. The van der Waals surface area contributed by atoms with Crippen LogP contribution in [0.3, 0.4) is 0 Å². The van der Waals surface area contributed by atoms with Gasteiger partial charge >= 0.3 is 6.09 Å². The average molecular weight is 425 g/mol. The number of halogens is 1. The first-order chi connectivity index (χ1) is 11.2. The smallest absolute Gasteiger partial charge is 0.407 e. The molecular formula is C13H21BrN4O5S. The zero-order chi connectivity index (χ0) is 18.3. The molecule has 0 aromatic carbocycles. The van der Waals surface area contributed by atoms with Crippen molar-refractivity contribution < 1.29 is 23.1 Å². The van der Waals surface area contributed by atoms with Gasteiger partial charge in [-0.2, -0.15) is 0 Å². The van der Waals surface area contributed by atoms with E-state index in [1.54, 1.807) is 13.8 Å². The molecule has 0 aliphatic rings. The maximum absolute atomic E-state index is 11.8. The Labute approximate surface area is 149 Å². The van der Waals surface area contributed by atoms with Crippen LogP contribution >= 0.6 is 15.9 Å². The molecule has 1 heterocycles. The number of ether oxygens (including phenoxy) is 1. The van der Waals surface area contributed by atoms with Crippen LogP contribution in [0.15, 0.2) is 16.7 Å². The van der Waals surface area contributed by atoms with Crippen LogP contribution in [-0.2, 0) is 10.0 Å². The molecule has 1 amide bonds. The molecule has 24 heavy (non-hydrogen) atoms. The summed E-state index contributed by atoms with van der Waals surface area (Å²) >= 11 is 3.21. The molecule has 0 spiro atoms. The van der Waals surface area contributed by atoms with E-state index >= 15 is 0 Å². The zero-order valence-corrected chi connectivity index (χ0v) is 15.8. The molecule has 1 aromatic rings. The number of carbonyl (C=O) groups is 1. The summed E-state index contributed by atoms with van der Waals surface area (Å²) in [6, 6.07) is 1.31. The molecule has 0 unspecified atom stereocenters. The van der Waals surface area contributed by atoms with Crippen molar-refractivity contribution in [2.24, 2.45) is 5.73 Å². The fourth-order valence-electron chi connectivity index (χ4n) is 1.80. The van der Waals surface area contributed by atoms with Crippen LogP contribution in [0.1, 0.15) is 13.8 Å². The van der Waals surface area contributed by atoms with E-state index in [2.05, 4.69) is 25.6 Å². The van der Waals surface area contributed by atoms with Crippen molar-refractivity contribution in [1.82, 2.24) is 9.88 Å². The minimum absolute atomic E-state index is 0.0189. The van der Waals surface area contributed by atoms with Gasteiger partial charge in [0.05, 0.1) is 12.3 Å². The predicted octanol–water partition coefficient (Wildman–Crippen LogP) is 1.31. The van der Waals surface area contributed by atoms with Crippen molar-refractivity contribution in [3.8, 4) is 5.88 Å². The van der Waals surface area contributed by atoms with Crippen LogP contribution in [0.4, 0.5) is 10.5 Å². The normalized spacial score (nSPS) is 11.4. The van der Waals surface area contributed by atoms with Gasteiger partial charge in [-0.3, -0.25) is 4.72 Å². The third-order valence-corrected chi connectivity index (χ3v) is 4.65. The lowest BCUT2D eigenvalue weighted by atomic mass is 10.3. The van der Waals surface area contributed by atoms with Gasteiger partial charge in [0.2, 0.25) is 15.9 Å². The Bertz CT molecular complexity index is 668. The minimum atomic E-state index is -3.61. The molecule has 4 N–H and O–H groups in total. The number of hydrogen-bond acceptors (Lipinski definition) is 6. The molecule has 0 saturated heterocycles. The van der Waals surface area contributed by atoms with Crippen molar-refractivity contribution in [3.63, 3.8) is 0 Å². The molecule has 0 radical (unpaired) electrons. The van der Waals surface area contributed by atoms with Gasteiger partial charge in [0, 0.05) is 23.3 Å². The lowest BCUT2D eigenvalue weighted by molar-refractivity contribution is 0.120. The van der Waals surface area contributed by atoms with E-state index in [-0.39, 0.29) is 43.1 Å². The van der Waals surface area contributed by atoms with Crippen LogP contribution in [0, 0.1) is 0 Å². The topological polar surface area (TPSA) is 135 Å². The zero-order valence-electron chi connectivity index (χ0n) is 13.4. The van der Waals surface area contributed by atoms with Crippen molar-refractivity contribution in [2.75, 3.05) is 30.2 Å². The van der Waals surface area contributed by atoms with E-state index in [1.807, 2.05) is 0 Å². The number of nitrogens with one attached hydrogen (secondary N) is 1. The second kappa shape index (κ2) is 9.04. The van der Waals surface area contributed by atoms with E-state index in [1.165, 1.54) is 17.2 Å². The first kappa shape index (κ1) is 20.5. The molecular weight excluding hydrogens is 404 g/mol. The Morgan fingerprint density at radius 2 is 2.21 bits per heavy atom. The van der Waals surface area contributed by atoms with Gasteiger partial charge in [0.1, 0.15) is 12.3 Å². The van der Waals surface area contributed by atoms with E-state index in [0.29, 0.717) is 4.47 Å². The van der Waals surface area contributed by atoms with Crippen molar-refractivity contribution in [3.05, 3.63) is 16.7 Å². The summed E-state index contributed by atoms with van der Waals surface area (Å²) in [5.74, 6) is -0.174. The molecule has 1 aromatic heterocycles. The maximum Gasteiger partial charge on any atom is 0.407 e. The Hall–Kier alpha value is -1.59. The number of aromatic nitrogens is 1. The summed E-state index contributed by atoms with van der Waals surface area (Å²) in [7, 11) is -3.61. The summed E-state index contributed by atoms with van der Waals surface area (Å²) in [5, 5.41) is 9.09. The molecule has 0 fully saturated rings. The second-order valence-electron chi connectivity index (χ2n) is 5.13. The van der Waals surface area contributed by atoms with Gasteiger partial charge in [0.25, 0.3) is 0 Å². The summed E-state index contributed by atoms with van der Waals surface area (Å²) in [4.78, 5) is 16.3. The number of hydrogen-bond donors (Lipinski definition) is 3. The summed E-state index contributed by atoms with van der Waals surface area (Å²) in [6.07, 6.45) is 0.397. The molecule has 136 valence electrons.